The molecule has 106 valence electrons. The molecule has 0 fully saturated rings. The van der Waals surface area contributed by atoms with Crippen LogP contribution in [0.5, 0.6) is 5.75 Å². The van der Waals surface area contributed by atoms with Gasteiger partial charge < -0.3 is 10.4 Å². The molecule has 1 atom stereocenters. The molecule has 2 N–H and O–H groups in total. The smallest absolute Gasteiger partial charge is 0.115 e. The maximum absolute atomic E-state index is 9.50. The largest absolute Gasteiger partial charge is 0.508 e. The molecule has 1 unspecified atom stereocenters. The quantitative estimate of drug-likeness (QED) is 0.658. The zero-order chi connectivity index (χ0) is 14.8. The number of rotatable bonds is 3. The number of anilines is 1. The van der Waals surface area contributed by atoms with E-state index in [-0.39, 0.29) is 6.04 Å². The third kappa shape index (κ3) is 2.70. The predicted molar refractivity (Wildman–Crippen MR) is 88.8 cm³/mol. The molecule has 0 radical (unpaired) electrons. The number of hydrogen-bond donors (Lipinski definition) is 2. The van der Waals surface area contributed by atoms with Crippen LogP contribution in [0.2, 0.25) is 0 Å². The standard InChI is InChI=1S/C19H19NO/c1-13-12-16(21)10-11-19(13)20-14(2)17-9-5-7-15-6-3-4-8-18(15)17/h3-12,14,20-21H,1-2H3. The van der Waals surface area contributed by atoms with Crippen LogP contribution in [0, 0.1) is 6.92 Å². The van der Waals surface area contributed by atoms with Crippen LogP contribution in [-0.2, 0) is 0 Å². The van der Waals surface area contributed by atoms with Gasteiger partial charge in [0.1, 0.15) is 5.75 Å². The number of phenolic OH excluding ortho intramolecular Hbond substituents is 1. The first kappa shape index (κ1) is 13.5. The lowest BCUT2D eigenvalue weighted by molar-refractivity contribution is 0.475. The van der Waals surface area contributed by atoms with Crippen molar-refractivity contribution >= 4 is 16.5 Å². The monoisotopic (exact) mass is 277 g/mol. The van der Waals surface area contributed by atoms with Crippen molar-refractivity contribution in [2.24, 2.45) is 0 Å². The second-order valence-corrected chi connectivity index (χ2v) is 5.43. The maximum Gasteiger partial charge on any atom is 0.115 e. The van der Waals surface area contributed by atoms with E-state index in [2.05, 4.69) is 54.7 Å². The molecule has 0 bridgehead atoms. The molecule has 0 spiro atoms. The minimum Gasteiger partial charge on any atom is -0.508 e. The molecule has 3 rings (SSSR count). The molecule has 0 saturated heterocycles. The average Bonchev–Trinajstić information content (AvgIpc) is 2.49. The van der Waals surface area contributed by atoms with Gasteiger partial charge in [0.05, 0.1) is 0 Å². The Bertz CT molecular complexity index is 774. The molecule has 0 aliphatic carbocycles. The summed E-state index contributed by atoms with van der Waals surface area (Å²) >= 11 is 0. The number of phenols is 1. The van der Waals surface area contributed by atoms with Crippen molar-refractivity contribution in [2.45, 2.75) is 19.9 Å². The van der Waals surface area contributed by atoms with Crippen LogP contribution >= 0.6 is 0 Å². The summed E-state index contributed by atoms with van der Waals surface area (Å²) in [5.41, 5.74) is 3.37. The highest BCUT2D eigenvalue weighted by Crippen LogP contribution is 2.29. The number of aryl methyl sites for hydroxylation is 1. The van der Waals surface area contributed by atoms with E-state index in [9.17, 15) is 5.11 Å². The fourth-order valence-electron chi connectivity index (χ4n) is 2.75. The van der Waals surface area contributed by atoms with Gasteiger partial charge in [-0.2, -0.15) is 0 Å². The maximum atomic E-state index is 9.50. The second kappa shape index (κ2) is 5.49. The van der Waals surface area contributed by atoms with Gasteiger partial charge in [-0.15, -0.1) is 0 Å². The molecular weight excluding hydrogens is 258 g/mol. The third-order valence-electron chi connectivity index (χ3n) is 3.87. The minimum absolute atomic E-state index is 0.194. The molecule has 0 heterocycles. The van der Waals surface area contributed by atoms with Crippen molar-refractivity contribution in [1.82, 2.24) is 0 Å². The fourth-order valence-corrected chi connectivity index (χ4v) is 2.75. The van der Waals surface area contributed by atoms with Crippen LogP contribution in [0.25, 0.3) is 10.8 Å². The van der Waals surface area contributed by atoms with E-state index < -0.39 is 0 Å². The van der Waals surface area contributed by atoms with E-state index in [0.29, 0.717) is 5.75 Å². The second-order valence-electron chi connectivity index (χ2n) is 5.43. The molecule has 2 nitrogen and oxygen atoms in total. The molecule has 0 aliphatic rings. The zero-order valence-electron chi connectivity index (χ0n) is 12.3. The first-order valence-corrected chi connectivity index (χ1v) is 7.19. The first-order valence-electron chi connectivity index (χ1n) is 7.19. The SMILES string of the molecule is Cc1cc(O)ccc1NC(C)c1cccc2ccccc12. The van der Waals surface area contributed by atoms with Crippen molar-refractivity contribution in [3.05, 3.63) is 71.8 Å². The van der Waals surface area contributed by atoms with Gasteiger partial charge in [-0.25, -0.2) is 0 Å². The van der Waals surface area contributed by atoms with E-state index in [1.54, 1.807) is 12.1 Å². The van der Waals surface area contributed by atoms with Crippen LogP contribution in [0.15, 0.2) is 60.7 Å². The minimum atomic E-state index is 0.194. The molecule has 21 heavy (non-hydrogen) atoms. The van der Waals surface area contributed by atoms with E-state index in [4.69, 9.17) is 0 Å². The Morgan fingerprint density at radius 2 is 1.71 bits per heavy atom. The summed E-state index contributed by atoms with van der Waals surface area (Å²) in [6.07, 6.45) is 0. The average molecular weight is 277 g/mol. The topological polar surface area (TPSA) is 32.3 Å². The van der Waals surface area contributed by atoms with Gasteiger partial charge in [-0.1, -0.05) is 42.5 Å². The fraction of sp³-hybridized carbons (Fsp3) is 0.158. The lowest BCUT2D eigenvalue weighted by atomic mass is 9.99. The highest BCUT2D eigenvalue weighted by atomic mass is 16.3. The molecule has 3 aromatic rings. The van der Waals surface area contributed by atoms with Crippen LogP contribution < -0.4 is 5.32 Å². The number of hydrogen-bond acceptors (Lipinski definition) is 2. The zero-order valence-corrected chi connectivity index (χ0v) is 12.3. The summed E-state index contributed by atoms with van der Waals surface area (Å²) in [5.74, 6) is 0.302. The van der Waals surface area contributed by atoms with Crippen LogP contribution in [0.1, 0.15) is 24.1 Å². The Balaban J connectivity index is 1.95. The van der Waals surface area contributed by atoms with E-state index >= 15 is 0 Å². The summed E-state index contributed by atoms with van der Waals surface area (Å²) in [4.78, 5) is 0. The number of aromatic hydroxyl groups is 1. The molecule has 0 aromatic heterocycles. The summed E-state index contributed by atoms with van der Waals surface area (Å²) in [6, 6.07) is 20.4. The van der Waals surface area contributed by atoms with Crippen LogP contribution in [0.3, 0.4) is 0 Å². The van der Waals surface area contributed by atoms with E-state index in [0.717, 1.165) is 11.3 Å². The van der Waals surface area contributed by atoms with Crippen molar-refractivity contribution in [3.8, 4) is 5.75 Å². The molecule has 0 aliphatic heterocycles. The van der Waals surface area contributed by atoms with E-state index in [1.165, 1.54) is 16.3 Å². The highest BCUT2D eigenvalue weighted by Gasteiger charge is 2.10. The first-order chi connectivity index (χ1) is 10.1. The number of fused-ring (bicyclic) bond motifs is 1. The Morgan fingerprint density at radius 3 is 2.52 bits per heavy atom. The van der Waals surface area contributed by atoms with Crippen molar-refractivity contribution < 1.29 is 5.11 Å². The Kier molecular flexibility index (Phi) is 3.53. The number of nitrogens with one attached hydrogen (secondary N) is 1. The van der Waals surface area contributed by atoms with Crippen molar-refractivity contribution in [2.75, 3.05) is 5.32 Å². The molecule has 3 aromatic carbocycles. The van der Waals surface area contributed by atoms with Crippen molar-refractivity contribution in [1.29, 1.82) is 0 Å². The van der Waals surface area contributed by atoms with Gasteiger partial charge in [0.2, 0.25) is 0 Å². The Labute approximate surface area is 125 Å². The van der Waals surface area contributed by atoms with Crippen molar-refractivity contribution in [3.63, 3.8) is 0 Å². The normalized spacial score (nSPS) is 12.3. The van der Waals surface area contributed by atoms with Crippen LogP contribution in [-0.4, -0.2) is 5.11 Å². The molecule has 0 amide bonds. The summed E-state index contributed by atoms with van der Waals surface area (Å²) in [7, 11) is 0. The molecule has 0 saturated carbocycles. The predicted octanol–water partition coefficient (Wildman–Crippen LogP) is 5.03. The molecular formula is C19H19NO. The van der Waals surface area contributed by atoms with Gasteiger partial charge in [0.25, 0.3) is 0 Å². The summed E-state index contributed by atoms with van der Waals surface area (Å²) in [6.45, 7) is 4.16. The third-order valence-corrected chi connectivity index (χ3v) is 3.87. The Hall–Kier alpha value is -2.48. The Morgan fingerprint density at radius 1 is 0.952 bits per heavy atom. The lowest BCUT2D eigenvalue weighted by Crippen LogP contribution is -2.08. The summed E-state index contributed by atoms with van der Waals surface area (Å²) in [5, 5.41) is 15.6. The molecule has 2 heteroatoms. The van der Waals surface area contributed by atoms with Gasteiger partial charge in [-0.05, 0) is 53.9 Å². The number of benzene rings is 3. The summed E-state index contributed by atoms with van der Waals surface area (Å²) < 4.78 is 0. The van der Waals surface area contributed by atoms with Gasteiger partial charge in [-0.3, -0.25) is 0 Å². The van der Waals surface area contributed by atoms with Crippen LogP contribution in [0.4, 0.5) is 5.69 Å². The van der Waals surface area contributed by atoms with Gasteiger partial charge in [0.15, 0.2) is 0 Å². The highest BCUT2D eigenvalue weighted by molar-refractivity contribution is 5.86. The van der Waals surface area contributed by atoms with Gasteiger partial charge in [0, 0.05) is 11.7 Å². The lowest BCUT2D eigenvalue weighted by Gasteiger charge is -2.19. The van der Waals surface area contributed by atoms with Gasteiger partial charge >= 0.3 is 0 Å². The van der Waals surface area contributed by atoms with E-state index in [1.807, 2.05) is 13.0 Å².